The smallest absolute Gasteiger partial charge is 0.303 e. The highest BCUT2D eigenvalue weighted by molar-refractivity contribution is 7.90. The molecule has 2 aromatic carbocycles. The zero-order valence-electron chi connectivity index (χ0n) is 12.9. The van der Waals surface area contributed by atoms with E-state index in [2.05, 4.69) is 0 Å². The average molecular weight is 320 g/mol. The van der Waals surface area contributed by atoms with Crippen molar-refractivity contribution in [1.29, 1.82) is 0 Å². The van der Waals surface area contributed by atoms with Crippen LogP contribution in [0.2, 0.25) is 0 Å². The summed E-state index contributed by atoms with van der Waals surface area (Å²) in [6, 6.07) is 16.8. The van der Waals surface area contributed by atoms with E-state index >= 15 is 0 Å². The van der Waals surface area contributed by atoms with E-state index in [1.807, 2.05) is 30.3 Å². The van der Waals surface area contributed by atoms with Crippen LogP contribution >= 0.6 is 0 Å². The van der Waals surface area contributed by atoms with E-state index in [4.69, 9.17) is 4.74 Å². The monoisotopic (exact) mass is 320 g/mol. The second-order valence-corrected chi connectivity index (χ2v) is 7.20. The number of nitrogens with zero attached hydrogens (tertiary/aromatic N) is 2. The van der Waals surface area contributed by atoms with Crippen LogP contribution in [-0.4, -0.2) is 33.9 Å². The lowest BCUT2D eigenvalue weighted by molar-refractivity contribution is 0.306. The molecule has 0 fully saturated rings. The lowest BCUT2D eigenvalue weighted by Crippen LogP contribution is -2.37. The summed E-state index contributed by atoms with van der Waals surface area (Å²) in [6.07, 6.45) is 0. The van der Waals surface area contributed by atoms with Crippen molar-refractivity contribution in [2.75, 3.05) is 25.4 Å². The summed E-state index contributed by atoms with van der Waals surface area (Å²) in [5.74, 6) is 0.697. The second-order valence-electron chi connectivity index (χ2n) is 5.03. The van der Waals surface area contributed by atoms with Gasteiger partial charge >= 0.3 is 10.2 Å². The van der Waals surface area contributed by atoms with Gasteiger partial charge < -0.3 is 4.74 Å². The van der Waals surface area contributed by atoms with Gasteiger partial charge in [-0.05, 0) is 29.8 Å². The minimum atomic E-state index is -3.47. The summed E-state index contributed by atoms with van der Waals surface area (Å²) >= 11 is 0. The molecule has 2 rings (SSSR count). The molecule has 0 atom stereocenters. The van der Waals surface area contributed by atoms with Gasteiger partial charge in [0.05, 0.1) is 5.69 Å². The van der Waals surface area contributed by atoms with Crippen LogP contribution < -0.4 is 9.04 Å². The third-order valence-electron chi connectivity index (χ3n) is 3.26. The van der Waals surface area contributed by atoms with Gasteiger partial charge in [0.15, 0.2) is 0 Å². The molecule has 0 aliphatic rings. The van der Waals surface area contributed by atoms with Crippen molar-refractivity contribution < 1.29 is 13.2 Å². The number of hydrogen-bond donors (Lipinski definition) is 0. The molecule has 0 bridgehead atoms. The maximum atomic E-state index is 12.0. The number of benzene rings is 2. The Morgan fingerprint density at radius 1 is 0.909 bits per heavy atom. The first-order chi connectivity index (χ1) is 10.4. The van der Waals surface area contributed by atoms with Gasteiger partial charge in [-0.2, -0.15) is 12.7 Å². The first-order valence-corrected chi connectivity index (χ1v) is 8.24. The molecule has 6 heteroatoms. The van der Waals surface area contributed by atoms with E-state index in [1.165, 1.54) is 29.8 Å². The molecule has 0 spiro atoms. The Hall–Kier alpha value is -2.05. The van der Waals surface area contributed by atoms with Gasteiger partial charge in [-0.1, -0.05) is 30.3 Å². The molecular formula is C16H20N2O3S. The quantitative estimate of drug-likeness (QED) is 0.822. The van der Waals surface area contributed by atoms with Crippen molar-refractivity contribution in [3.8, 4) is 5.75 Å². The fraction of sp³-hybridized carbons (Fsp3) is 0.250. The highest BCUT2D eigenvalue weighted by Crippen LogP contribution is 2.22. The van der Waals surface area contributed by atoms with Gasteiger partial charge in [0.25, 0.3) is 0 Å². The minimum absolute atomic E-state index is 0.478. The standard InChI is InChI=1S/C16H20N2O3S/c1-17(2)22(19,20)18(3)15-9-11-16(12-10-15)21-13-14-7-5-4-6-8-14/h4-12H,13H2,1-3H3. The van der Waals surface area contributed by atoms with E-state index in [0.717, 1.165) is 5.56 Å². The zero-order valence-corrected chi connectivity index (χ0v) is 13.7. The van der Waals surface area contributed by atoms with E-state index in [9.17, 15) is 8.42 Å². The third-order valence-corrected chi connectivity index (χ3v) is 5.08. The van der Waals surface area contributed by atoms with E-state index in [-0.39, 0.29) is 0 Å². The third kappa shape index (κ3) is 3.78. The fourth-order valence-electron chi connectivity index (χ4n) is 1.87. The highest BCUT2D eigenvalue weighted by atomic mass is 32.2. The number of hydrogen-bond acceptors (Lipinski definition) is 3. The molecule has 22 heavy (non-hydrogen) atoms. The Morgan fingerprint density at radius 3 is 2.05 bits per heavy atom. The molecule has 0 aliphatic heterocycles. The van der Waals surface area contributed by atoms with Gasteiger partial charge in [0.1, 0.15) is 12.4 Å². The van der Waals surface area contributed by atoms with Crippen LogP contribution in [-0.2, 0) is 16.8 Å². The number of anilines is 1. The molecule has 0 amide bonds. The van der Waals surface area contributed by atoms with Crippen molar-refractivity contribution in [3.05, 3.63) is 60.2 Å². The molecule has 2 aromatic rings. The molecular weight excluding hydrogens is 300 g/mol. The van der Waals surface area contributed by atoms with Crippen molar-refractivity contribution in [3.63, 3.8) is 0 Å². The van der Waals surface area contributed by atoms with Gasteiger partial charge in [0, 0.05) is 21.1 Å². The molecule has 5 nitrogen and oxygen atoms in total. The van der Waals surface area contributed by atoms with Crippen molar-refractivity contribution >= 4 is 15.9 Å². The van der Waals surface area contributed by atoms with E-state index in [1.54, 1.807) is 24.3 Å². The molecule has 0 aromatic heterocycles. The Morgan fingerprint density at radius 2 is 1.50 bits per heavy atom. The first-order valence-electron chi connectivity index (χ1n) is 6.84. The molecule has 0 saturated heterocycles. The summed E-state index contributed by atoms with van der Waals surface area (Å²) < 4.78 is 32.2. The van der Waals surface area contributed by atoms with E-state index < -0.39 is 10.2 Å². The molecule has 0 saturated carbocycles. The van der Waals surface area contributed by atoms with E-state index in [0.29, 0.717) is 18.0 Å². The van der Waals surface area contributed by atoms with Crippen LogP contribution in [0.3, 0.4) is 0 Å². The van der Waals surface area contributed by atoms with Gasteiger partial charge in [-0.25, -0.2) is 0 Å². The predicted molar refractivity (Wildman–Crippen MR) is 88.2 cm³/mol. The maximum absolute atomic E-state index is 12.0. The molecule has 0 heterocycles. The van der Waals surface area contributed by atoms with Crippen LogP contribution in [0, 0.1) is 0 Å². The largest absolute Gasteiger partial charge is 0.489 e. The summed E-state index contributed by atoms with van der Waals surface area (Å²) in [4.78, 5) is 0. The van der Waals surface area contributed by atoms with Crippen LogP contribution in [0.4, 0.5) is 5.69 Å². The Bertz CT molecular complexity index is 698. The Balaban J connectivity index is 2.04. The topological polar surface area (TPSA) is 49.9 Å². The Labute approximate surface area is 131 Å². The predicted octanol–water partition coefficient (Wildman–Crippen LogP) is 2.51. The van der Waals surface area contributed by atoms with Crippen molar-refractivity contribution in [1.82, 2.24) is 4.31 Å². The zero-order chi connectivity index (χ0) is 16.2. The molecule has 118 valence electrons. The first kappa shape index (κ1) is 16.3. The average Bonchev–Trinajstić information content (AvgIpc) is 2.53. The normalized spacial score (nSPS) is 11.5. The SMILES string of the molecule is CN(C)S(=O)(=O)N(C)c1ccc(OCc2ccccc2)cc1. The van der Waals surface area contributed by atoms with Gasteiger partial charge in [-0.3, -0.25) is 4.31 Å². The van der Waals surface area contributed by atoms with Crippen LogP contribution in [0.5, 0.6) is 5.75 Å². The number of rotatable bonds is 6. The van der Waals surface area contributed by atoms with Gasteiger partial charge in [-0.15, -0.1) is 0 Å². The lowest BCUT2D eigenvalue weighted by atomic mass is 10.2. The summed E-state index contributed by atoms with van der Waals surface area (Å²) in [7, 11) is 1.06. The second kappa shape index (κ2) is 6.81. The van der Waals surface area contributed by atoms with Crippen LogP contribution in [0.1, 0.15) is 5.56 Å². The summed E-state index contributed by atoms with van der Waals surface area (Å²) in [6.45, 7) is 0.478. The highest BCUT2D eigenvalue weighted by Gasteiger charge is 2.20. The molecule has 0 N–H and O–H groups in total. The van der Waals surface area contributed by atoms with Crippen molar-refractivity contribution in [2.45, 2.75) is 6.61 Å². The molecule has 0 unspecified atom stereocenters. The number of ether oxygens (including phenoxy) is 1. The fourth-order valence-corrected chi connectivity index (χ4v) is 2.75. The molecule has 0 radical (unpaired) electrons. The van der Waals surface area contributed by atoms with Crippen LogP contribution in [0.15, 0.2) is 54.6 Å². The summed E-state index contributed by atoms with van der Waals surface area (Å²) in [5, 5.41) is 0. The summed E-state index contributed by atoms with van der Waals surface area (Å²) in [5.41, 5.74) is 1.67. The Kier molecular flexibility index (Phi) is 5.05. The maximum Gasteiger partial charge on any atom is 0.303 e. The lowest BCUT2D eigenvalue weighted by Gasteiger charge is -2.23. The molecule has 0 aliphatic carbocycles. The minimum Gasteiger partial charge on any atom is -0.489 e. The van der Waals surface area contributed by atoms with Crippen LogP contribution in [0.25, 0.3) is 0 Å². The van der Waals surface area contributed by atoms with Gasteiger partial charge in [0.2, 0.25) is 0 Å². The van der Waals surface area contributed by atoms with Crippen molar-refractivity contribution in [2.24, 2.45) is 0 Å².